The van der Waals surface area contributed by atoms with Crippen LogP contribution in [0.3, 0.4) is 0 Å². The number of ether oxygens (including phenoxy) is 1. The van der Waals surface area contributed by atoms with Crippen molar-refractivity contribution >= 4 is 5.96 Å². The number of nitrogens with zero attached hydrogens (tertiary/aromatic N) is 4. The Morgan fingerprint density at radius 1 is 1.29 bits per heavy atom. The first-order chi connectivity index (χ1) is 11.7. The maximum absolute atomic E-state index is 5.47. The molecular formula is C17H32N6O. The Labute approximate surface area is 145 Å². The van der Waals surface area contributed by atoms with E-state index in [-0.39, 0.29) is 0 Å². The average molecular weight is 336 g/mol. The third-order valence-electron chi connectivity index (χ3n) is 4.26. The SMILES string of the molecule is CCNC(=NCC(C(C)C)N1CCOCC1)NCCn1cccn1. The van der Waals surface area contributed by atoms with Crippen molar-refractivity contribution < 1.29 is 4.74 Å². The lowest BCUT2D eigenvalue weighted by molar-refractivity contribution is 0.00867. The van der Waals surface area contributed by atoms with Crippen LogP contribution in [0.1, 0.15) is 20.8 Å². The van der Waals surface area contributed by atoms with Gasteiger partial charge in [0.1, 0.15) is 0 Å². The fourth-order valence-corrected chi connectivity index (χ4v) is 2.91. The molecule has 0 radical (unpaired) electrons. The van der Waals surface area contributed by atoms with Crippen molar-refractivity contribution in [1.82, 2.24) is 25.3 Å². The van der Waals surface area contributed by atoms with Crippen LogP contribution in [-0.4, -0.2) is 72.6 Å². The van der Waals surface area contributed by atoms with Crippen molar-refractivity contribution in [2.45, 2.75) is 33.4 Å². The summed E-state index contributed by atoms with van der Waals surface area (Å²) in [6.07, 6.45) is 3.77. The third-order valence-corrected chi connectivity index (χ3v) is 4.26. The van der Waals surface area contributed by atoms with Gasteiger partial charge in [0, 0.05) is 44.6 Å². The summed E-state index contributed by atoms with van der Waals surface area (Å²) in [6.45, 7) is 13.6. The molecule has 0 aromatic carbocycles. The van der Waals surface area contributed by atoms with Crippen LogP contribution in [0.5, 0.6) is 0 Å². The molecule has 1 aromatic rings. The van der Waals surface area contributed by atoms with Crippen LogP contribution < -0.4 is 10.6 Å². The summed E-state index contributed by atoms with van der Waals surface area (Å²) in [5.41, 5.74) is 0. The number of rotatable bonds is 8. The van der Waals surface area contributed by atoms with Crippen molar-refractivity contribution in [2.75, 3.05) is 45.9 Å². The Morgan fingerprint density at radius 2 is 2.08 bits per heavy atom. The van der Waals surface area contributed by atoms with E-state index in [0.717, 1.165) is 58.4 Å². The second kappa shape index (κ2) is 10.3. The molecule has 1 fully saturated rings. The lowest BCUT2D eigenvalue weighted by Crippen LogP contribution is -2.48. The van der Waals surface area contributed by atoms with Gasteiger partial charge in [-0.15, -0.1) is 0 Å². The Hall–Kier alpha value is -1.60. The Bertz CT molecular complexity index is 467. The lowest BCUT2D eigenvalue weighted by Gasteiger charge is -2.36. The number of guanidine groups is 1. The monoisotopic (exact) mass is 336 g/mol. The van der Waals surface area contributed by atoms with Gasteiger partial charge < -0.3 is 15.4 Å². The molecule has 7 nitrogen and oxygen atoms in total. The zero-order valence-electron chi connectivity index (χ0n) is 15.2. The first kappa shape index (κ1) is 18.7. The molecule has 1 aromatic heterocycles. The van der Waals surface area contributed by atoms with E-state index in [2.05, 4.69) is 41.4 Å². The average Bonchev–Trinajstić information content (AvgIpc) is 3.09. The standard InChI is InChI=1S/C17H32N6O/c1-4-18-17(19-7-9-23-8-5-6-21-23)20-14-16(15(2)3)22-10-12-24-13-11-22/h5-6,8,15-16H,4,7,9-14H2,1-3H3,(H2,18,19,20). The Morgan fingerprint density at radius 3 is 2.71 bits per heavy atom. The van der Waals surface area contributed by atoms with E-state index in [9.17, 15) is 0 Å². The maximum atomic E-state index is 5.47. The van der Waals surface area contributed by atoms with Crippen LogP contribution in [0, 0.1) is 5.92 Å². The predicted octanol–water partition coefficient (Wildman–Crippen LogP) is 0.795. The molecule has 2 rings (SSSR count). The molecule has 24 heavy (non-hydrogen) atoms. The van der Waals surface area contributed by atoms with Crippen molar-refractivity contribution in [3.05, 3.63) is 18.5 Å². The van der Waals surface area contributed by atoms with Crippen molar-refractivity contribution in [3.63, 3.8) is 0 Å². The molecule has 1 saturated heterocycles. The van der Waals surface area contributed by atoms with Gasteiger partial charge in [0.15, 0.2) is 5.96 Å². The minimum absolute atomic E-state index is 0.454. The summed E-state index contributed by atoms with van der Waals surface area (Å²) in [6, 6.07) is 2.39. The van der Waals surface area contributed by atoms with E-state index in [0.29, 0.717) is 12.0 Å². The van der Waals surface area contributed by atoms with E-state index in [1.807, 2.05) is 16.9 Å². The minimum atomic E-state index is 0.454. The van der Waals surface area contributed by atoms with Gasteiger partial charge in [-0.25, -0.2) is 0 Å². The highest BCUT2D eigenvalue weighted by Crippen LogP contribution is 2.13. The van der Waals surface area contributed by atoms with Gasteiger partial charge in [-0.2, -0.15) is 5.10 Å². The second-order valence-corrected chi connectivity index (χ2v) is 6.38. The van der Waals surface area contributed by atoms with Crippen LogP contribution in [-0.2, 0) is 11.3 Å². The zero-order valence-corrected chi connectivity index (χ0v) is 15.2. The highest BCUT2D eigenvalue weighted by atomic mass is 16.5. The molecule has 136 valence electrons. The van der Waals surface area contributed by atoms with Crippen molar-refractivity contribution in [2.24, 2.45) is 10.9 Å². The van der Waals surface area contributed by atoms with E-state index in [1.54, 1.807) is 6.20 Å². The smallest absolute Gasteiger partial charge is 0.191 e. The summed E-state index contributed by atoms with van der Waals surface area (Å²) in [7, 11) is 0. The summed E-state index contributed by atoms with van der Waals surface area (Å²) in [4.78, 5) is 7.32. The van der Waals surface area contributed by atoms with Gasteiger partial charge in [-0.1, -0.05) is 13.8 Å². The quantitative estimate of drug-likeness (QED) is 0.543. The molecule has 0 amide bonds. The molecule has 1 aliphatic rings. The molecule has 1 atom stereocenters. The molecular weight excluding hydrogens is 304 g/mol. The number of morpholine rings is 1. The number of nitrogens with one attached hydrogen (secondary N) is 2. The third kappa shape index (κ3) is 6.13. The summed E-state index contributed by atoms with van der Waals surface area (Å²) < 4.78 is 7.39. The predicted molar refractivity (Wildman–Crippen MR) is 97.2 cm³/mol. The molecule has 1 unspecified atom stereocenters. The van der Waals surface area contributed by atoms with E-state index < -0.39 is 0 Å². The van der Waals surface area contributed by atoms with Crippen LogP contribution in [0.2, 0.25) is 0 Å². The maximum Gasteiger partial charge on any atom is 0.191 e. The van der Waals surface area contributed by atoms with Gasteiger partial charge in [-0.05, 0) is 18.9 Å². The molecule has 7 heteroatoms. The van der Waals surface area contributed by atoms with Crippen molar-refractivity contribution in [1.29, 1.82) is 0 Å². The van der Waals surface area contributed by atoms with Crippen molar-refractivity contribution in [3.8, 4) is 0 Å². The number of hydrogen-bond acceptors (Lipinski definition) is 4. The van der Waals surface area contributed by atoms with Gasteiger partial charge in [-0.3, -0.25) is 14.6 Å². The van der Waals surface area contributed by atoms with E-state index >= 15 is 0 Å². The first-order valence-corrected chi connectivity index (χ1v) is 9.02. The normalized spacial score (nSPS) is 17.9. The Kier molecular flexibility index (Phi) is 8.04. The van der Waals surface area contributed by atoms with E-state index in [1.165, 1.54) is 0 Å². The highest BCUT2D eigenvalue weighted by Gasteiger charge is 2.23. The van der Waals surface area contributed by atoms with E-state index in [4.69, 9.17) is 9.73 Å². The molecule has 2 heterocycles. The summed E-state index contributed by atoms with van der Waals surface area (Å²) >= 11 is 0. The first-order valence-electron chi connectivity index (χ1n) is 9.02. The molecule has 0 aliphatic carbocycles. The van der Waals surface area contributed by atoms with Gasteiger partial charge in [0.05, 0.1) is 26.3 Å². The van der Waals surface area contributed by atoms with Gasteiger partial charge in [0.2, 0.25) is 0 Å². The highest BCUT2D eigenvalue weighted by molar-refractivity contribution is 5.79. The van der Waals surface area contributed by atoms with Gasteiger partial charge in [0.25, 0.3) is 0 Å². The largest absolute Gasteiger partial charge is 0.379 e. The fraction of sp³-hybridized carbons (Fsp3) is 0.765. The second-order valence-electron chi connectivity index (χ2n) is 6.38. The number of hydrogen-bond donors (Lipinski definition) is 2. The number of aliphatic imine (C=N–C) groups is 1. The molecule has 0 saturated carbocycles. The Balaban J connectivity index is 1.86. The zero-order chi connectivity index (χ0) is 17.2. The van der Waals surface area contributed by atoms with Gasteiger partial charge >= 0.3 is 0 Å². The minimum Gasteiger partial charge on any atom is -0.379 e. The summed E-state index contributed by atoms with van der Waals surface area (Å²) in [5, 5.41) is 10.9. The molecule has 1 aliphatic heterocycles. The van der Waals surface area contributed by atoms with Crippen LogP contribution in [0.4, 0.5) is 0 Å². The number of aromatic nitrogens is 2. The lowest BCUT2D eigenvalue weighted by atomic mass is 10.0. The van der Waals surface area contributed by atoms with Crippen LogP contribution in [0.15, 0.2) is 23.5 Å². The molecule has 0 spiro atoms. The van der Waals surface area contributed by atoms with Crippen LogP contribution in [0.25, 0.3) is 0 Å². The fourth-order valence-electron chi connectivity index (χ4n) is 2.91. The topological polar surface area (TPSA) is 66.7 Å². The molecule has 0 bridgehead atoms. The molecule has 2 N–H and O–H groups in total. The summed E-state index contributed by atoms with van der Waals surface area (Å²) in [5.74, 6) is 1.45. The van der Waals surface area contributed by atoms with Crippen LogP contribution >= 0.6 is 0 Å².